The Bertz CT molecular complexity index is 515. The minimum Gasteiger partial charge on any atom is -0.314 e. The van der Waals surface area contributed by atoms with Crippen LogP contribution in [0.2, 0.25) is 5.02 Å². The third-order valence-electron chi connectivity index (χ3n) is 3.06. The van der Waals surface area contributed by atoms with Crippen molar-refractivity contribution < 1.29 is 8.42 Å². The molecular formula is C12H18ClN3O2S. The second kappa shape index (κ2) is 6.67. The molecule has 0 unspecified atom stereocenters. The summed E-state index contributed by atoms with van der Waals surface area (Å²) in [7, 11) is -3.52. The van der Waals surface area contributed by atoms with Gasteiger partial charge in [-0.1, -0.05) is 23.7 Å². The lowest BCUT2D eigenvalue weighted by atomic mass is 10.3. The maximum absolute atomic E-state index is 12.1. The van der Waals surface area contributed by atoms with E-state index >= 15 is 0 Å². The molecule has 106 valence electrons. The third-order valence-corrected chi connectivity index (χ3v) is 5.02. The predicted octanol–water partition coefficient (Wildman–Crippen LogP) is 0.524. The summed E-state index contributed by atoms with van der Waals surface area (Å²) in [6.45, 7) is 4.93. The summed E-state index contributed by atoms with van der Waals surface area (Å²) in [5.41, 5.74) is 0. The van der Waals surface area contributed by atoms with E-state index < -0.39 is 10.0 Å². The molecule has 0 aliphatic carbocycles. The highest BCUT2D eigenvalue weighted by molar-refractivity contribution is 7.89. The molecule has 0 radical (unpaired) electrons. The molecule has 1 aromatic rings. The zero-order valence-corrected chi connectivity index (χ0v) is 12.2. The molecule has 0 spiro atoms. The molecule has 1 aromatic carbocycles. The summed E-state index contributed by atoms with van der Waals surface area (Å²) < 4.78 is 26.7. The van der Waals surface area contributed by atoms with E-state index in [1.807, 2.05) is 0 Å². The first-order chi connectivity index (χ1) is 9.09. The quantitative estimate of drug-likeness (QED) is 0.833. The van der Waals surface area contributed by atoms with Crippen molar-refractivity contribution in [3.05, 3.63) is 29.3 Å². The molecule has 0 aromatic heterocycles. The molecule has 1 heterocycles. The number of sulfonamides is 1. The standard InChI is InChI=1S/C12H18ClN3O2S/c13-11-3-1-2-4-12(11)19(17,18)15-7-10-16-8-5-14-6-9-16/h1-4,14-15H,5-10H2. The Morgan fingerprint density at radius 1 is 1.26 bits per heavy atom. The van der Waals surface area contributed by atoms with E-state index in [-0.39, 0.29) is 9.92 Å². The van der Waals surface area contributed by atoms with Crippen LogP contribution in [0.15, 0.2) is 29.2 Å². The largest absolute Gasteiger partial charge is 0.314 e. The van der Waals surface area contributed by atoms with Gasteiger partial charge in [0.05, 0.1) is 5.02 Å². The van der Waals surface area contributed by atoms with Gasteiger partial charge in [0.1, 0.15) is 4.90 Å². The van der Waals surface area contributed by atoms with Gasteiger partial charge in [0.25, 0.3) is 0 Å². The van der Waals surface area contributed by atoms with E-state index in [4.69, 9.17) is 11.6 Å². The number of nitrogens with zero attached hydrogens (tertiary/aromatic N) is 1. The van der Waals surface area contributed by atoms with Crippen molar-refractivity contribution in [2.24, 2.45) is 0 Å². The van der Waals surface area contributed by atoms with Crippen molar-refractivity contribution in [2.45, 2.75) is 4.90 Å². The summed E-state index contributed by atoms with van der Waals surface area (Å²) in [6.07, 6.45) is 0. The average molecular weight is 304 g/mol. The van der Waals surface area contributed by atoms with Crippen LogP contribution in [0, 0.1) is 0 Å². The number of nitrogens with one attached hydrogen (secondary N) is 2. The molecule has 2 N–H and O–H groups in total. The molecule has 19 heavy (non-hydrogen) atoms. The van der Waals surface area contributed by atoms with Gasteiger partial charge in [0, 0.05) is 39.3 Å². The highest BCUT2D eigenvalue weighted by Crippen LogP contribution is 2.19. The molecule has 0 bridgehead atoms. The zero-order valence-electron chi connectivity index (χ0n) is 10.6. The number of benzene rings is 1. The fraction of sp³-hybridized carbons (Fsp3) is 0.500. The molecule has 0 saturated carbocycles. The van der Waals surface area contributed by atoms with Crippen LogP contribution in [-0.4, -0.2) is 52.6 Å². The Balaban J connectivity index is 1.89. The lowest BCUT2D eigenvalue weighted by Crippen LogP contribution is -2.46. The van der Waals surface area contributed by atoms with Crippen molar-refractivity contribution in [2.75, 3.05) is 39.3 Å². The lowest BCUT2D eigenvalue weighted by molar-refractivity contribution is 0.245. The summed E-state index contributed by atoms with van der Waals surface area (Å²) in [5, 5.41) is 3.50. The maximum Gasteiger partial charge on any atom is 0.242 e. The van der Waals surface area contributed by atoms with E-state index in [0.717, 1.165) is 26.2 Å². The van der Waals surface area contributed by atoms with Crippen molar-refractivity contribution in [3.8, 4) is 0 Å². The summed E-state index contributed by atoms with van der Waals surface area (Å²) >= 11 is 5.90. The molecule has 1 aliphatic heterocycles. The monoisotopic (exact) mass is 303 g/mol. The summed E-state index contributed by atoms with van der Waals surface area (Å²) in [5.74, 6) is 0. The van der Waals surface area contributed by atoms with E-state index in [2.05, 4.69) is 14.9 Å². The molecule has 1 saturated heterocycles. The summed E-state index contributed by atoms with van der Waals surface area (Å²) in [4.78, 5) is 2.36. The van der Waals surface area contributed by atoms with Crippen molar-refractivity contribution in [1.82, 2.24) is 14.9 Å². The van der Waals surface area contributed by atoms with Gasteiger partial charge in [0.2, 0.25) is 10.0 Å². The van der Waals surface area contributed by atoms with Gasteiger partial charge in [-0.15, -0.1) is 0 Å². The Kier molecular flexibility index (Phi) is 5.18. The van der Waals surface area contributed by atoms with E-state index in [1.54, 1.807) is 18.2 Å². The normalized spacial score (nSPS) is 17.5. The number of hydrogen-bond acceptors (Lipinski definition) is 4. The molecule has 2 rings (SSSR count). The number of hydrogen-bond donors (Lipinski definition) is 2. The highest BCUT2D eigenvalue weighted by Gasteiger charge is 2.17. The van der Waals surface area contributed by atoms with Crippen LogP contribution >= 0.6 is 11.6 Å². The number of rotatable bonds is 5. The van der Waals surface area contributed by atoms with Gasteiger partial charge in [-0.25, -0.2) is 13.1 Å². The Labute approximate surface area is 119 Å². The van der Waals surface area contributed by atoms with Crippen LogP contribution in [0.5, 0.6) is 0 Å². The van der Waals surface area contributed by atoms with Gasteiger partial charge in [0.15, 0.2) is 0 Å². The van der Waals surface area contributed by atoms with Crippen LogP contribution in [0.3, 0.4) is 0 Å². The zero-order chi connectivity index (χ0) is 13.7. The summed E-state index contributed by atoms with van der Waals surface area (Å²) in [6, 6.07) is 6.46. The van der Waals surface area contributed by atoms with Crippen molar-refractivity contribution >= 4 is 21.6 Å². The van der Waals surface area contributed by atoms with Crippen LogP contribution < -0.4 is 10.0 Å². The minimum absolute atomic E-state index is 0.136. The molecule has 7 heteroatoms. The fourth-order valence-electron chi connectivity index (χ4n) is 2.01. The fourth-order valence-corrected chi connectivity index (χ4v) is 3.55. The molecule has 0 amide bonds. The highest BCUT2D eigenvalue weighted by atomic mass is 35.5. The Morgan fingerprint density at radius 2 is 1.95 bits per heavy atom. The number of halogens is 1. The van der Waals surface area contributed by atoms with Crippen LogP contribution in [0.25, 0.3) is 0 Å². The van der Waals surface area contributed by atoms with Crippen LogP contribution in [0.1, 0.15) is 0 Å². The second-order valence-corrected chi connectivity index (χ2v) is 6.56. The Morgan fingerprint density at radius 3 is 2.63 bits per heavy atom. The minimum atomic E-state index is -3.52. The van der Waals surface area contributed by atoms with Crippen molar-refractivity contribution in [3.63, 3.8) is 0 Å². The molecular weight excluding hydrogens is 286 g/mol. The van der Waals surface area contributed by atoms with E-state index in [0.29, 0.717) is 13.1 Å². The predicted molar refractivity (Wildman–Crippen MR) is 76.0 cm³/mol. The molecule has 5 nitrogen and oxygen atoms in total. The average Bonchev–Trinajstić information content (AvgIpc) is 2.40. The van der Waals surface area contributed by atoms with Crippen molar-refractivity contribution in [1.29, 1.82) is 0 Å². The lowest BCUT2D eigenvalue weighted by Gasteiger charge is -2.27. The van der Waals surface area contributed by atoms with Gasteiger partial charge >= 0.3 is 0 Å². The molecule has 1 aliphatic rings. The smallest absolute Gasteiger partial charge is 0.242 e. The van der Waals surface area contributed by atoms with Gasteiger partial charge in [-0.3, -0.25) is 4.90 Å². The van der Waals surface area contributed by atoms with Gasteiger partial charge in [-0.2, -0.15) is 0 Å². The first-order valence-corrected chi connectivity index (χ1v) is 8.13. The maximum atomic E-state index is 12.1. The van der Waals surface area contributed by atoms with Gasteiger partial charge < -0.3 is 5.32 Å². The Hall–Kier alpha value is -0.660. The SMILES string of the molecule is O=S(=O)(NCCN1CCNCC1)c1ccccc1Cl. The molecule has 1 fully saturated rings. The third kappa shape index (κ3) is 4.15. The molecule has 0 atom stereocenters. The topological polar surface area (TPSA) is 61.4 Å². The van der Waals surface area contributed by atoms with E-state index in [9.17, 15) is 8.42 Å². The van der Waals surface area contributed by atoms with E-state index in [1.165, 1.54) is 6.07 Å². The first kappa shape index (κ1) is 14.7. The number of piperazine rings is 1. The van der Waals surface area contributed by atoms with Gasteiger partial charge in [-0.05, 0) is 12.1 Å². The first-order valence-electron chi connectivity index (χ1n) is 6.27. The van der Waals surface area contributed by atoms with Crippen LogP contribution in [0.4, 0.5) is 0 Å². The second-order valence-electron chi connectivity index (χ2n) is 4.42. The van der Waals surface area contributed by atoms with Crippen LogP contribution in [-0.2, 0) is 10.0 Å².